The molecule has 0 radical (unpaired) electrons. The molecule has 2 amide bonds. The van der Waals surface area contributed by atoms with Gasteiger partial charge in [0.2, 0.25) is 5.91 Å². The molecule has 0 spiro atoms. The number of imidazole rings is 2. The van der Waals surface area contributed by atoms with Gasteiger partial charge in [-0.2, -0.15) is 0 Å². The van der Waals surface area contributed by atoms with Crippen molar-refractivity contribution >= 4 is 23.6 Å². The van der Waals surface area contributed by atoms with Crippen molar-refractivity contribution in [2.24, 2.45) is 0 Å². The highest BCUT2D eigenvalue weighted by Crippen LogP contribution is 2.36. The summed E-state index contributed by atoms with van der Waals surface area (Å²) in [5, 5.41) is 2.47. The molecule has 3 aromatic carbocycles. The van der Waals surface area contributed by atoms with E-state index in [0.717, 1.165) is 69.2 Å². The number of amides is 2. The molecule has 2 heterocycles. The summed E-state index contributed by atoms with van der Waals surface area (Å²) in [6, 6.07) is 22.9. The minimum Gasteiger partial charge on any atom is -0.485 e. The molecule has 0 aliphatic carbocycles. The molecule has 5 aromatic rings. The van der Waals surface area contributed by atoms with E-state index in [1.54, 1.807) is 11.1 Å². The summed E-state index contributed by atoms with van der Waals surface area (Å²) in [7, 11) is 1.27. The monoisotopic (exact) mass is 730 g/mol. The number of carbonyl (C=O) groups is 2. The lowest BCUT2D eigenvalue weighted by Gasteiger charge is -2.21. The maximum atomic E-state index is 12.9. The standard InChI is InChI=1S/C44H54N6O4/c1-8-10-14-30(4)43-46-26-39(49-43)34-18-17-29(3)36(23-34)22-31(5)37-20-19-35(24-40(37)54-32(6)33-15-12-11-13-16-33)38-25-45-41(48-38)28-50(21-9-2)42(51)27-47-44(52)53-7/h11-13,15-20,22-26,30,32H,8-10,14,21,27-28H2,1-7H3,(H,45,48)(H,46,49)(H,47,52)/b31-22+/t30-,32+/m0/s1. The number of hydrogen-bond acceptors (Lipinski definition) is 6. The second-order valence-electron chi connectivity index (χ2n) is 13.9. The smallest absolute Gasteiger partial charge is 0.407 e. The lowest BCUT2D eigenvalue weighted by Crippen LogP contribution is -2.40. The van der Waals surface area contributed by atoms with Gasteiger partial charge in [-0.15, -0.1) is 0 Å². The topological polar surface area (TPSA) is 125 Å². The van der Waals surface area contributed by atoms with Crippen LogP contribution >= 0.6 is 0 Å². The first-order chi connectivity index (χ1) is 26.1. The van der Waals surface area contributed by atoms with Crippen LogP contribution in [0.25, 0.3) is 34.2 Å². The largest absolute Gasteiger partial charge is 0.485 e. The molecule has 0 unspecified atom stereocenters. The third kappa shape index (κ3) is 10.3. The van der Waals surface area contributed by atoms with E-state index in [9.17, 15) is 9.59 Å². The van der Waals surface area contributed by atoms with Crippen molar-refractivity contribution in [1.29, 1.82) is 0 Å². The van der Waals surface area contributed by atoms with Gasteiger partial charge >= 0.3 is 6.09 Å². The van der Waals surface area contributed by atoms with E-state index in [2.05, 4.69) is 108 Å². The molecule has 10 nitrogen and oxygen atoms in total. The number of nitrogens with one attached hydrogen (secondary N) is 3. The van der Waals surface area contributed by atoms with E-state index in [-0.39, 0.29) is 25.1 Å². The fourth-order valence-electron chi connectivity index (χ4n) is 6.41. The van der Waals surface area contributed by atoms with Crippen molar-refractivity contribution in [1.82, 2.24) is 30.2 Å². The molecule has 0 aliphatic heterocycles. The summed E-state index contributed by atoms with van der Waals surface area (Å²) in [4.78, 5) is 42.4. The van der Waals surface area contributed by atoms with Crippen LogP contribution in [0.15, 0.2) is 79.1 Å². The number of allylic oxidation sites excluding steroid dienone is 1. The van der Waals surface area contributed by atoms with Crippen LogP contribution in [-0.2, 0) is 16.1 Å². The van der Waals surface area contributed by atoms with Crippen LogP contribution in [0, 0.1) is 6.92 Å². The van der Waals surface area contributed by atoms with Gasteiger partial charge in [0.1, 0.15) is 30.0 Å². The number of ether oxygens (including phenoxy) is 2. The second-order valence-corrected chi connectivity index (χ2v) is 13.9. The van der Waals surface area contributed by atoms with Gasteiger partial charge in [-0.25, -0.2) is 14.8 Å². The van der Waals surface area contributed by atoms with Crippen LogP contribution < -0.4 is 10.1 Å². The van der Waals surface area contributed by atoms with Crippen molar-refractivity contribution in [2.45, 2.75) is 85.8 Å². The number of hydrogen-bond donors (Lipinski definition) is 3. The van der Waals surface area contributed by atoms with Crippen LogP contribution in [0.3, 0.4) is 0 Å². The molecule has 54 heavy (non-hydrogen) atoms. The van der Waals surface area contributed by atoms with Crippen molar-refractivity contribution in [3.63, 3.8) is 0 Å². The van der Waals surface area contributed by atoms with E-state index in [0.29, 0.717) is 18.3 Å². The summed E-state index contributed by atoms with van der Waals surface area (Å²) in [6.07, 6.45) is 9.35. The van der Waals surface area contributed by atoms with Gasteiger partial charge in [-0.05, 0) is 68.0 Å². The van der Waals surface area contributed by atoms with Crippen molar-refractivity contribution in [3.05, 3.63) is 113 Å². The lowest BCUT2D eigenvalue weighted by molar-refractivity contribution is -0.130. The van der Waals surface area contributed by atoms with Gasteiger partial charge < -0.3 is 29.7 Å². The van der Waals surface area contributed by atoms with Gasteiger partial charge in [0, 0.05) is 29.2 Å². The molecule has 0 aliphatic rings. The van der Waals surface area contributed by atoms with E-state index in [4.69, 9.17) is 9.72 Å². The number of methoxy groups -OCH3 is 1. The fourth-order valence-corrected chi connectivity index (χ4v) is 6.41. The fraction of sp³-hybridized carbons (Fsp3) is 0.364. The number of carbonyl (C=O) groups excluding carboxylic acids is 2. The zero-order valence-electron chi connectivity index (χ0n) is 32.7. The summed E-state index contributed by atoms with van der Waals surface area (Å²) in [6.45, 7) is 13.4. The molecule has 284 valence electrons. The third-order valence-corrected chi connectivity index (χ3v) is 9.69. The number of aryl methyl sites for hydroxylation is 1. The first-order valence-corrected chi connectivity index (χ1v) is 18.9. The van der Waals surface area contributed by atoms with Crippen LogP contribution in [0.4, 0.5) is 4.79 Å². The number of benzene rings is 3. The highest BCUT2D eigenvalue weighted by molar-refractivity contribution is 5.86. The van der Waals surface area contributed by atoms with Crippen molar-refractivity contribution in [3.8, 4) is 28.3 Å². The molecule has 0 fully saturated rings. The normalized spacial score (nSPS) is 12.6. The highest BCUT2D eigenvalue weighted by Gasteiger charge is 2.19. The zero-order valence-corrected chi connectivity index (χ0v) is 32.7. The minimum atomic E-state index is -0.646. The Bertz CT molecular complexity index is 2030. The minimum absolute atomic E-state index is 0.152. The summed E-state index contributed by atoms with van der Waals surface area (Å²) >= 11 is 0. The van der Waals surface area contributed by atoms with Gasteiger partial charge in [0.05, 0.1) is 37.4 Å². The Balaban J connectivity index is 1.44. The van der Waals surface area contributed by atoms with Gasteiger partial charge in [-0.1, -0.05) is 94.3 Å². The van der Waals surface area contributed by atoms with Gasteiger partial charge in [0.25, 0.3) is 0 Å². The predicted molar refractivity (Wildman–Crippen MR) is 216 cm³/mol. The maximum absolute atomic E-state index is 12.9. The molecule has 10 heteroatoms. The van der Waals surface area contributed by atoms with Gasteiger partial charge in [-0.3, -0.25) is 4.79 Å². The molecular weight excluding hydrogens is 677 g/mol. The van der Waals surface area contributed by atoms with E-state index in [1.165, 1.54) is 25.5 Å². The van der Waals surface area contributed by atoms with Crippen LogP contribution in [0.1, 0.15) is 106 Å². The summed E-state index contributed by atoms with van der Waals surface area (Å²) < 4.78 is 11.3. The molecular formula is C44H54N6O4. The SMILES string of the molecule is CCCC[C@H](C)c1ncc(-c2ccc(C)c(/C=C(\C)c3ccc(-c4cnc(CN(CCC)C(=O)CNC(=O)OC)[nH]4)cc3O[C@H](C)c3ccccc3)c2)[nH]1. The first-order valence-electron chi connectivity index (χ1n) is 18.9. The maximum Gasteiger partial charge on any atom is 0.407 e. The Morgan fingerprint density at radius 1 is 0.926 bits per heavy atom. The number of rotatable bonds is 17. The Labute approximate surface area is 319 Å². The quantitative estimate of drug-likeness (QED) is 0.0818. The number of aromatic nitrogens is 4. The Hall–Kier alpha value is -5.64. The Kier molecular flexibility index (Phi) is 13.9. The first kappa shape index (κ1) is 39.6. The molecule has 2 atom stereocenters. The Morgan fingerprint density at radius 2 is 1.65 bits per heavy atom. The second kappa shape index (κ2) is 18.9. The molecule has 2 aromatic heterocycles. The van der Waals surface area contributed by atoms with E-state index >= 15 is 0 Å². The molecule has 0 bridgehead atoms. The van der Waals surface area contributed by atoms with Crippen LogP contribution in [0.2, 0.25) is 0 Å². The van der Waals surface area contributed by atoms with Crippen LogP contribution in [0.5, 0.6) is 5.75 Å². The predicted octanol–water partition coefficient (Wildman–Crippen LogP) is 9.86. The molecule has 5 rings (SSSR count). The Morgan fingerprint density at radius 3 is 2.39 bits per heavy atom. The number of aromatic amines is 2. The average Bonchev–Trinajstić information content (AvgIpc) is 3.88. The number of unbranched alkanes of at least 4 members (excludes halogenated alkanes) is 1. The number of H-pyrrole nitrogens is 2. The van der Waals surface area contributed by atoms with Crippen molar-refractivity contribution < 1.29 is 19.1 Å². The summed E-state index contributed by atoms with van der Waals surface area (Å²) in [5.41, 5.74) is 9.25. The van der Waals surface area contributed by atoms with E-state index < -0.39 is 6.09 Å². The number of alkyl carbamates (subject to hydrolysis) is 1. The third-order valence-electron chi connectivity index (χ3n) is 9.69. The molecule has 3 N–H and O–H groups in total. The highest BCUT2D eigenvalue weighted by atomic mass is 16.5. The lowest BCUT2D eigenvalue weighted by atomic mass is 9.97. The van der Waals surface area contributed by atoms with Crippen LogP contribution in [-0.4, -0.2) is 57.0 Å². The number of nitrogens with zero attached hydrogens (tertiary/aromatic N) is 3. The van der Waals surface area contributed by atoms with Gasteiger partial charge in [0.15, 0.2) is 0 Å². The van der Waals surface area contributed by atoms with Crippen molar-refractivity contribution in [2.75, 3.05) is 20.2 Å². The van der Waals surface area contributed by atoms with E-state index in [1.807, 2.05) is 37.4 Å². The average molecular weight is 731 g/mol. The molecule has 0 saturated heterocycles. The zero-order chi connectivity index (χ0) is 38.6. The summed E-state index contributed by atoms with van der Waals surface area (Å²) in [5.74, 6) is 2.59. The molecule has 0 saturated carbocycles.